The molecule has 3 heterocycles. The number of methoxy groups -OCH3 is 1. The number of ether oxygens (including phenoxy) is 1. The number of esters is 1. The van der Waals surface area contributed by atoms with E-state index in [0.717, 1.165) is 37.1 Å². The van der Waals surface area contributed by atoms with Gasteiger partial charge in [-0.05, 0) is 42.9 Å². The maximum absolute atomic E-state index is 13.0. The molecule has 8 heteroatoms. The fourth-order valence-electron chi connectivity index (χ4n) is 4.56. The summed E-state index contributed by atoms with van der Waals surface area (Å²) >= 11 is 0. The van der Waals surface area contributed by atoms with Gasteiger partial charge < -0.3 is 24.4 Å². The smallest absolute Gasteiger partial charge is 0.356 e. The molecule has 1 atom stereocenters. The summed E-state index contributed by atoms with van der Waals surface area (Å²) in [6, 6.07) is 13.3. The molecule has 1 aliphatic carbocycles. The Bertz CT molecular complexity index is 1390. The molecule has 184 valence electrons. The molecule has 1 aromatic carbocycles. The van der Waals surface area contributed by atoms with Crippen LogP contribution >= 0.6 is 0 Å². The van der Waals surface area contributed by atoms with E-state index >= 15 is 0 Å². The molecule has 0 saturated heterocycles. The number of anilines is 2. The van der Waals surface area contributed by atoms with E-state index in [2.05, 4.69) is 22.8 Å². The Morgan fingerprint density at radius 1 is 1.19 bits per heavy atom. The molecule has 5 rings (SSSR count). The van der Waals surface area contributed by atoms with Gasteiger partial charge in [-0.15, -0.1) is 0 Å². The quantitative estimate of drug-likeness (QED) is 0.254. The van der Waals surface area contributed by atoms with E-state index in [1.807, 2.05) is 36.4 Å². The minimum absolute atomic E-state index is 0.232. The fourth-order valence-corrected chi connectivity index (χ4v) is 4.56. The molecular formula is C28H28N4O4. The van der Waals surface area contributed by atoms with Crippen molar-refractivity contribution in [1.82, 2.24) is 9.55 Å². The average Bonchev–Trinajstić information content (AvgIpc) is 3.56. The molecular weight excluding hydrogens is 456 g/mol. The second-order valence-corrected chi connectivity index (χ2v) is 8.88. The number of benzene rings is 1. The molecule has 0 bridgehead atoms. The summed E-state index contributed by atoms with van der Waals surface area (Å²) in [7, 11) is 1.33. The van der Waals surface area contributed by atoms with E-state index in [9.17, 15) is 9.59 Å². The Balaban J connectivity index is 1.58. The molecule has 4 aromatic rings. The van der Waals surface area contributed by atoms with E-state index in [0.29, 0.717) is 34.7 Å². The lowest BCUT2D eigenvalue weighted by atomic mass is 9.94. The molecule has 36 heavy (non-hydrogen) atoms. The summed E-state index contributed by atoms with van der Waals surface area (Å²) < 4.78 is 12.0. The Kier molecular flexibility index (Phi) is 6.84. The Hall–Kier alpha value is -4.33. The second-order valence-electron chi connectivity index (χ2n) is 8.88. The first-order valence-corrected chi connectivity index (χ1v) is 12.0. The third-order valence-electron chi connectivity index (χ3n) is 6.46. The van der Waals surface area contributed by atoms with Crippen molar-refractivity contribution < 1.29 is 18.7 Å². The SMILES string of the molecule is COC(=O)c1c(NC(=O)c2ccoc2)c2cc(NCC3CC=CCC3)cnc2n1Cc1ccccc1. The molecule has 0 spiro atoms. The summed E-state index contributed by atoms with van der Waals surface area (Å²) in [6.07, 6.45) is 12.3. The number of aromatic nitrogens is 2. The first-order valence-electron chi connectivity index (χ1n) is 12.0. The van der Waals surface area contributed by atoms with Crippen molar-refractivity contribution in [2.75, 3.05) is 24.3 Å². The Morgan fingerprint density at radius 2 is 2.06 bits per heavy atom. The Morgan fingerprint density at radius 3 is 2.78 bits per heavy atom. The maximum Gasteiger partial charge on any atom is 0.356 e. The molecule has 1 aliphatic rings. The number of fused-ring (bicyclic) bond motifs is 1. The molecule has 0 aliphatic heterocycles. The van der Waals surface area contributed by atoms with E-state index in [-0.39, 0.29) is 11.6 Å². The maximum atomic E-state index is 13.0. The van der Waals surface area contributed by atoms with Crippen molar-refractivity contribution in [1.29, 1.82) is 0 Å². The Labute approximate surface area is 209 Å². The van der Waals surface area contributed by atoms with Crippen molar-refractivity contribution in [2.24, 2.45) is 5.92 Å². The topological polar surface area (TPSA) is 98.4 Å². The molecule has 1 unspecified atom stereocenters. The van der Waals surface area contributed by atoms with Crippen LogP contribution < -0.4 is 10.6 Å². The lowest BCUT2D eigenvalue weighted by molar-refractivity contribution is 0.0591. The number of furan rings is 1. The molecule has 8 nitrogen and oxygen atoms in total. The van der Waals surface area contributed by atoms with Crippen LogP contribution in [0.3, 0.4) is 0 Å². The molecule has 0 radical (unpaired) electrons. The summed E-state index contributed by atoms with van der Waals surface area (Å²) in [6.45, 7) is 1.21. The van der Waals surface area contributed by atoms with Gasteiger partial charge >= 0.3 is 5.97 Å². The number of rotatable bonds is 8. The number of hydrogen-bond donors (Lipinski definition) is 2. The highest BCUT2D eigenvalue weighted by Crippen LogP contribution is 2.34. The van der Waals surface area contributed by atoms with Gasteiger partial charge in [0.05, 0.1) is 36.5 Å². The van der Waals surface area contributed by atoms with Crippen LogP contribution in [0.15, 0.2) is 77.8 Å². The van der Waals surface area contributed by atoms with Gasteiger partial charge in [-0.2, -0.15) is 0 Å². The summed E-state index contributed by atoms with van der Waals surface area (Å²) in [5.41, 5.74) is 3.33. The van der Waals surface area contributed by atoms with Crippen molar-refractivity contribution in [2.45, 2.75) is 25.8 Å². The van der Waals surface area contributed by atoms with Crippen molar-refractivity contribution in [3.8, 4) is 0 Å². The fraction of sp³-hybridized carbons (Fsp3) is 0.250. The van der Waals surface area contributed by atoms with Gasteiger partial charge in [0.25, 0.3) is 5.91 Å². The van der Waals surface area contributed by atoms with Crippen LogP contribution in [0.1, 0.15) is 45.7 Å². The highest BCUT2D eigenvalue weighted by molar-refractivity contribution is 6.14. The van der Waals surface area contributed by atoms with Crippen LogP contribution in [0.2, 0.25) is 0 Å². The van der Waals surface area contributed by atoms with Gasteiger partial charge in [-0.1, -0.05) is 42.5 Å². The number of pyridine rings is 1. The number of carbonyl (C=O) groups is 2. The first-order chi connectivity index (χ1) is 17.6. The monoisotopic (exact) mass is 484 g/mol. The standard InChI is InChI=1S/C28H28N4O4/c1-35-28(34)25-24(31-27(33)21-12-13-36-18-21)23-14-22(29-15-19-8-4-2-5-9-19)16-30-26(23)32(25)17-20-10-6-3-7-11-20/h2-4,6-7,10-14,16,18-19,29H,5,8-9,15,17H2,1H3,(H,31,33). The molecule has 3 aromatic heterocycles. The number of nitrogens with zero attached hydrogens (tertiary/aromatic N) is 2. The number of carbonyl (C=O) groups excluding carboxylic acids is 2. The van der Waals surface area contributed by atoms with Crippen molar-refractivity contribution >= 4 is 34.3 Å². The molecule has 0 saturated carbocycles. The van der Waals surface area contributed by atoms with Crippen molar-refractivity contribution in [3.05, 3.63) is 90.2 Å². The van der Waals surface area contributed by atoms with Crippen LogP contribution in [-0.4, -0.2) is 35.1 Å². The van der Waals surface area contributed by atoms with E-state index in [4.69, 9.17) is 14.1 Å². The minimum Gasteiger partial charge on any atom is -0.472 e. The van der Waals surface area contributed by atoms with Gasteiger partial charge in [0.15, 0.2) is 5.69 Å². The number of amides is 1. The minimum atomic E-state index is -0.560. The lowest BCUT2D eigenvalue weighted by Crippen LogP contribution is -2.17. The molecule has 1 amide bonds. The predicted octanol–water partition coefficient (Wildman–Crippen LogP) is 5.48. The summed E-state index contributed by atoms with van der Waals surface area (Å²) in [5, 5.41) is 7.05. The van der Waals surface area contributed by atoms with Gasteiger partial charge in [-0.25, -0.2) is 9.78 Å². The van der Waals surface area contributed by atoms with E-state index in [1.54, 1.807) is 16.8 Å². The average molecular weight is 485 g/mol. The third-order valence-corrected chi connectivity index (χ3v) is 6.46. The first kappa shape index (κ1) is 23.4. The number of allylic oxidation sites excluding steroid dienone is 2. The van der Waals surface area contributed by atoms with Crippen molar-refractivity contribution in [3.63, 3.8) is 0 Å². The van der Waals surface area contributed by atoms with Gasteiger partial charge in [0.2, 0.25) is 0 Å². The van der Waals surface area contributed by atoms with Crippen LogP contribution in [-0.2, 0) is 11.3 Å². The number of nitrogens with one attached hydrogen (secondary N) is 2. The summed E-state index contributed by atoms with van der Waals surface area (Å²) in [5.74, 6) is -0.394. The summed E-state index contributed by atoms with van der Waals surface area (Å²) in [4.78, 5) is 30.7. The van der Waals surface area contributed by atoms with Crippen LogP contribution in [0.4, 0.5) is 11.4 Å². The van der Waals surface area contributed by atoms with Crippen LogP contribution in [0.5, 0.6) is 0 Å². The van der Waals surface area contributed by atoms with E-state index in [1.165, 1.54) is 19.6 Å². The zero-order chi connectivity index (χ0) is 24.9. The van der Waals surface area contributed by atoms with Gasteiger partial charge in [0.1, 0.15) is 11.9 Å². The highest BCUT2D eigenvalue weighted by atomic mass is 16.5. The number of hydrogen-bond acceptors (Lipinski definition) is 6. The lowest BCUT2D eigenvalue weighted by Gasteiger charge is -2.18. The normalized spacial score (nSPS) is 15.1. The molecule has 0 fully saturated rings. The van der Waals surface area contributed by atoms with E-state index < -0.39 is 5.97 Å². The van der Waals surface area contributed by atoms with Gasteiger partial charge in [0, 0.05) is 18.5 Å². The zero-order valence-electron chi connectivity index (χ0n) is 20.1. The predicted molar refractivity (Wildman–Crippen MR) is 138 cm³/mol. The zero-order valence-corrected chi connectivity index (χ0v) is 20.1. The van der Waals surface area contributed by atoms with Crippen LogP contribution in [0, 0.1) is 5.92 Å². The highest BCUT2D eigenvalue weighted by Gasteiger charge is 2.27. The molecule has 2 N–H and O–H groups in total. The van der Waals surface area contributed by atoms with Gasteiger partial charge in [-0.3, -0.25) is 4.79 Å². The second kappa shape index (κ2) is 10.5. The largest absolute Gasteiger partial charge is 0.472 e. The third kappa shape index (κ3) is 4.88. The van der Waals surface area contributed by atoms with Crippen LogP contribution in [0.25, 0.3) is 11.0 Å².